The summed E-state index contributed by atoms with van der Waals surface area (Å²) in [7, 11) is 0. The highest BCUT2D eigenvalue weighted by Gasteiger charge is 2.59. The van der Waals surface area contributed by atoms with Crippen LogP contribution in [0.2, 0.25) is 0 Å². The molecule has 8 bridgehead atoms. The van der Waals surface area contributed by atoms with Crippen molar-refractivity contribution in [3.8, 4) is 0 Å². The van der Waals surface area contributed by atoms with Crippen LogP contribution in [0.5, 0.6) is 0 Å². The van der Waals surface area contributed by atoms with Crippen LogP contribution in [0.3, 0.4) is 0 Å². The second-order valence-corrected chi connectivity index (χ2v) is 16.0. The Morgan fingerprint density at radius 3 is 1.64 bits per heavy atom. The Hall–Kier alpha value is -1.10. The summed E-state index contributed by atoms with van der Waals surface area (Å²) in [6, 6.07) is 0. The van der Waals surface area contributed by atoms with Gasteiger partial charge in [-0.25, -0.2) is 0 Å². The van der Waals surface area contributed by atoms with Crippen LogP contribution >= 0.6 is 0 Å². The standard InChI is InChI=1S/C18H30O2.C16H26O3/c1-5-17(3,4)16(19)20-18(6-2)14-8-12-7-13(10-14)11-15(18)9-12;1-4-15(2,3)14(17)19-13-11-5-10-6-12(13)9-16(18,7-10)8-11/h12-15H,5-11H2,1-4H3;10-13,18H,4-9H2,1-3H3. The van der Waals surface area contributed by atoms with Crippen LogP contribution in [-0.4, -0.2) is 34.4 Å². The van der Waals surface area contributed by atoms with Gasteiger partial charge >= 0.3 is 11.9 Å². The van der Waals surface area contributed by atoms with Crippen molar-refractivity contribution >= 4 is 11.9 Å². The number of aliphatic hydroxyl groups is 1. The minimum Gasteiger partial charge on any atom is -0.461 e. The molecule has 0 aromatic heterocycles. The lowest BCUT2D eigenvalue weighted by atomic mass is 9.49. The topological polar surface area (TPSA) is 72.8 Å². The molecule has 8 aliphatic carbocycles. The Labute approximate surface area is 237 Å². The zero-order chi connectivity index (χ0) is 28.4. The minimum atomic E-state index is -0.445. The summed E-state index contributed by atoms with van der Waals surface area (Å²) in [6.07, 6.45) is 14.3. The zero-order valence-corrected chi connectivity index (χ0v) is 25.9. The number of ether oxygens (including phenoxy) is 2. The van der Waals surface area contributed by atoms with E-state index in [0.717, 1.165) is 63.2 Å². The molecule has 8 fully saturated rings. The fourth-order valence-electron chi connectivity index (χ4n) is 9.81. The first kappa shape index (κ1) is 29.4. The lowest BCUT2D eigenvalue weighted by Crippen LogP contribution is -2.60. The second kappa shape index (κ2) is 10.3. The molecule has 0 heterocycles. The SMILES string of the molecule is CCC(C)(C)C(=O)OC1(CC)C2CC3CC(C2)CC1C3.CCC(C)(C)C(=O)OC1C2CC3CC1CC(O)(C3)C2. The first-order valence-corrected chi connectivity index (χ1v) is 16.4. The fraction of sp³-hybridized carbons (Fsp3) is 0.941. The predicted molar refractivity (Wildman–Crippen MR) is 153 cm³/mol. The van der Waals surface area contributed by atoms with Crippen LogP contribution in [-0.2, 0) is 19.1 Å². The van der Waals surface area contributed by atoms with Gasteiger partial charge in [-0.3, -0.25) is 9.59 Å². The summed E-state index contributed by atoms with van der Waals surface area (Å²) >= 11 is 0. The van der Waals surface area contributed by atoms with Crippen molar-refractivity contribution < 1.29 is 24.2 Å². The molecule has 0 aromatic rings. The summed E-state index contributed by atoms with van der Waals surface area (Å²) in [5, 5.41) is 10.5. The van der Waals surface area contributed by atoms with Crippen molar-refractivity contribution in [3.63, 3.8) is 0 Å². The van der Waals surface area contributed by atoms with E-state index in [4.69, 9.17) is 9.47 Å². The van der Waals surface area contributed by atoms with Crippen LogP contribution in [0.4, 0.5) is 0 Å². The maximum Gasteiger partial charge on any atom is 0.312 e. The van der Waals surface area contributed by atoms with Gasteiger partial charge in [0.2, 0.25) is 0 Å². The fourth-order valence-corrected chi connectivity index (χ4v) is 9.81. The van der Waals surface area contributed by atoms with E-state index < -0.39 is 5.60 Å². The van der Waals surface area contributed by atoms with Gasteiger partial charge < -0.3 is 14.6 Å². The van der Waals surface area contributed by atoms with Crippen LogP contribution in [0.15, 0.2) is 0 Å². The van der Waals surface area contributed by atoms with Gasteiger partial charge in [-0.2, -0.15) is 0 Å². The third kappa shape index (κ3) is 5.32. The highest BCUT2D eigenvalue weighted by atomic mass is 16.6. The van der Waals surface area contributed by atoms with Crippen LogP contribution in [0.25, 0.3) is 0 Å². The maximum absolute atomic E-state index is 12.6. The molecular formula is C34H56O5. The summed E-state index contributed by atoms with van der Waals surface area (Å²) in [4.78, 5) is 24.9. The Morgan fingerprint density at radius 2 is 1.21 bits per heavy atom. The maximum atomic E-state index is 12.6. The molecule has 0 amide bonds. The molecule has 8 saturated carbocycles. The molecule has 1 N–H and O–H groups in total. The number of hydrogen-bond donors (Lipinski definition) is 1. The van der Waals surface area contributed by atoms with E-state index >= 15 is 0 Å². The quantitative estimate of drug-likeness (QED) is 0.336. The number of hydrogen-bond acceptors (Lipinski definition) is 5. The van der Waals surface area contributed by atoms with Gasteiger partial charge in [0.25, 0.3) is 0 Å². The lowest BCUT2D eigenvalue weighted by molar-refractivity contribution is -0.218. The molecule has 39 heavy (non-hydrogen) atoms. The van der Waals surface area contributed by atoms with Crippen molar-refractivity contribution in [1.82, 2.24) is 0 Å². The normalized spacial score (nSPS) is 43.6. The van der Waals surface area contributed by atoms with E-state index in [1.54, 1.807) is 0 Å². The zero-order valence-electron chi connectivity index (χ0n) is 25.9. The molecule has 5 heteroatoms. The van der Waals surface area contributed by atoms with E-state index in [0.29, 0.717) is 29.6 Å². The Kier molecular flexibility index (Phi) is 7.77. The summed E-state index contributed by atoms with van der Waals surface area (Å²) in [5.74, 6) is 4.57. The number of carbonyl (C=O) groups is 2. The molecule has 0 aromatic carbocycles. The van der Waals surface area contributed by atoms with Crippen LogP contribution < -0.4 is 0 Å². The third-order valence-electron chi connectivity index (χ3n) is 12.6. The molecule has 0 spiro atoms. The highest BCUT2D eigenvalue weighted by molar-refractivity contribution is 5.76. The molecule has 2 atom stereocenters. The summed E-state index contributed by atoms with van der Waals surface area (Å²) < 4.78 is 12.2. The molecule has 0 aliphatic heterocycles. The average molecular weight is 545 g/mol. The van der Waals surface area contributed by atoms with Gasteiger partial charge in [0.1, 0.15) is 11.7 Å². The molecule has 222 valence electrons. The second-order valence-electron chi connectivity index (χ2n) is 16.0. The van der Waals surface area contributed by atoms with E-state index in [1.165, 1.54) is 32.1 Å². The molecular weight excluding hydrogens is 488 g/mol. The molecule has 0 saturated heterocycles. The van der Waals surface area contributed by atoms with Crippen LogP contribution in [0.1, 0.15) is 132 Å². The smallest absolute Gasteiger partial charge is 0.312 e. The van der Waals surface area contributed by atoms with Gasteiger partial charge in [0.15, 0.2) is 0 Å². The summed E-state index contributed by atoms with van der Waals surface area (Å²) in [5.41, 5.74) is -1.29. The highest BCUT2D eigenvalue weighted by Crippen LogP contribution is 2.61. The first-order chi connectivity index (χ1) is 18.2. The predicted octanol–water partition coefficient (Wildman–Crippen LogP) is 7.48. The van der Waals surface area contributed by atoms with Gasteiger partial charge in [-0.1, -0.05) is 20.8 Å². The molecule has 2 unspecified atom stereocenters. The van der Waals surface area contributed by atoms with Gasteiger partial charge in [0, 0.05) is 0 Å². The Morgan fingerprint density at radius 1 is 0.718 bits per heavy atom. The Bertz CT molecular complexity index is 890. The first-order valence-electron chi connectivity index (χ1n) is 16.4. The third-order valence-corrected chi connectivity index (χ3v) is 12.6. The lowest BCUT2D eigenvalue weighted by Gasteiger charge is -2.60. The van der Waals surface area contributed by atoms with Crippen LogP contribution in [0, 0.1) is 52.3 Å². The molecule has 5 nitrogen and oxygen atoms in total. The number of esters is 2. The van der Waals surface area contributed by atoms with Crippen molar-refractivity contribution in [2.45, 2.75) is 149 Å². The van der Waals surface area contributed by atoms with E-state index in [9.17, 15) is 14.7 Å². The Balaban J connectivity index is 0.000000158. The van der Waals surface area contributed by atoms with Crippen molar-refractivity contribution in [1.29, 1.82) is 0 Å². The van der Waals surface area contributed by atoms with Crippen molar-refractivity contribution in [2.24, 2.45) is 52.3 Å². The minimum absolute atomic E-state index is 0.0364. The van der Waals surface area contributed by atoms with Crippen molar-refractivity contribution in [2.75, 3.05) is 0 Å². The number of rotatable bonds is 7. The molecule has 8 aliphatic rings. The monoisotopic (exact) mass is 544 g/mol. The number of carbonyl (C=O) groups excluding carboxylic acids is 2. The van der Waals surface area contributed by atoms with Crippen molar-refractivity contribution in [3.05, 3.63) is 0 Å². The van der Waals surface area contributed by atoms with E-state index in [1.807, 2.05) is 34.6 Å². The van der Waals surface area contributed by atoms with Gasteiger partial charge in [0.05, 0.1) is 16.4 Å². The van der Waals surface area contributed by atoms with Gasteiger partial charge in [-0.15, -0.1) is 0 Å². The average Bonchev–Trinajstić information content (AvgIpc) is 2.87. The molecule has 0 radical (unpaired) electrons. The van der Waals surface area contributed by atoms with E-state index in [2.05, 4.69) is 13.8 Å². The largest absolute Gasteiger partial charge is 0.461 e. The van der Waals surface area contributed by atoms with E-state index in [-0.39, 0.29) is 34.5 Å². The molecule has 8 rings (SSSR count). The summed E-state index contributed by atoms with van der Waals surface area (Å²) in [6.45, 7) is 14.3. The van der Waals surface area contributed by atoms with Gasteiger partial charge in [-0.05, 0) is 153 Å².